The van der Waals surface area contributed by atoms with Crippen LogP contribution in [-0.2, 0) is 9.59 Å². The molecule has 19 heavy (non-hydrogen) atoms. The molecule has 4 nitrogen and oxygen atoms in total. The number of hydrogen-bond acceptors (Lipinski definition) is 3. The van der Waals surface area contributed by atoms with E-state index < -0.39 is 12.0 Å². The van der Waals surface area contributed by atoms with Crippen molar-refractivity contribution in [1.29, 1.82) is 0 Å². The summed E-state index contributed by atoms with van der Waals surface area (Å²) in [7, 11) is 0. The number of hydrogen-bond donors (Lipinski definition) is 1. The Labute approximate surface area is 118 Å². The predicted molar refractivity (Wildman–Crippen MR) is 76.2 cm³/mol. The van der Waals surface area contributed by atoms with E-state index in [2.05, 4.69) is 6.92 Å². The molecule has 1 aliphatic heterocycles. The van der Waals surface area contributed by atoms with Gasteiger partial charge in [0.2, 0.25) is 5.91 Å². The molecule has 2 aliphatic rings. The molecule has 0 bridgehead atoms. The van der Waals surface area contributed by atoms with Crippen LogP contribution in [0.2, 0.25) is 0 Å². The van der Waals surface area contributed by atoms with Crippen LogP contribution in [0.5, 0.6) is 0 Å². The van der Waals surface area contributed by atoms with Crippen LogP contribution in [0.15, 0.2) is 0 Å². The number of fused-ring (bicyclic) bond motifs is 1. The minimum Gasteiger partial charge on any atom is -0.480 e. The first-order chi connectivity index (χ1) is 9.15. The van der Waals surface area contributed by atoms with Crippen LogP contribution in [0.4, 0.5) is 0 Å². The Balaban J connectivity index is 2.04. The molecule has 0 spiro atoms. The second-order valence-corrected chi connectivity index (χ2v) is 6.66. The lowest BCUT2D eigenvalue weighted by molar-refractivity contribution is -0.148. The van der Waals surface area contributed by atoms with Gasteiger partial charge in [0.25, 0.3) is 0 Å². The number of carboxylic acids is 1. The van der Waals surface area contributed by atoms with Gasteiger partial charge in [0.1, 0.15) is 6.04 Å². The predicted octanol–water partition coefficient (Wildman–Crippen LogP) is 2.37. The molecule has 1 N–H and O–H groups in total. The Hall–Kier alpha value is -0.710. The summed E-state index contributed by atoms with van der Waals surface area (Å²) < 4.78 is 0. The Bertz CT molecular complexity index is 348. The Morgan fingerprint density at radius 1 is 1.32 bits per heavy atom. The maximum Gasteiger partial charge on any atom is 0.326 e. The third kappa shape index (κ3) is 3.25. The first-order valence-corrected chi connectivity index (χ1v) is 8.42. The lowest BCUT2D eigenvalue weighted by atomic mass is 9.85. The van der Waals surface area contributed by atoms with Gasteiger partial charge < -0.3 is 10.0 Å². The number of likely N-dealkylation sites (tertiary alicyclic amines) is 1. The zero-order chi connectivity index (χ0) is 13.8. The monoisotopic (exact) mass is 285 g/mol. The average molecular weight is 285 g/mol. The van der Waals surface area contributed by atoms with Crippen molar-refractivity contribution in [2.24, 2.45) is 5.92 Å². The minimum atomic E-state index is -0.830. The van der Waals surface area contributed by atoms with Crippen molar-refractivity contribution in [2.75, 3.05) is 11.5 Å². The van der Waals surface area contributed by atoms with Crippen LogP contribution in [0.3, 0.4) is 0 Å². The average Bonchev–Trinajstić information content (AvgIpc) is 2.78. The van der Waals surface area contributed by atoms with E-state index >= 15 is 0 Å². The number of carbonyl (C=O) groups is 2. The summed E-state index contributed by atoms with van der Waals surface area (Å²) in [6.07, 6.45) is 6.08. The fraction of sp³-hybridized carbons (Fsp3) is 0.857. The zero-order valence-corrected chi connectivity index (χ0v) is 12.3. The van der Waals surface area contributed by atoms with Gasteiger partial charge in [-0.3, -0.25) is 4.79 Å². The van der Waals surface area contributed by atoms with E-state index in [0.29, 0.717) is 18.1 Å². The molecule has 2 fully saturated rings. The highest BCUT2D eigenvalue weighted by atomic mass is 32.2. The van der Waals surface area contributed by atoms with Crippen LogP contribution >= 0.6 is 11.8 Å². The van der Waals surface area contributed by atoms with Crippen molar-refractivity contribution in [3.05, 3.63) is 0 Å². The molecule has 0 aromatic heterocycles. The third-order valence-electron chi connectivity index (χ3n) is 4.24. The molecule has 1 aliphatic carbocycles. The molecule has 1 saturated carbocycles. The van der Waals surface area contributed by atoms with Crippen molar-refractivity contribution in [3.8, 4) is 0 Å². The smallest absolute Gasteiger partial charge is 0.326 e. The van der Waals surface area contributed by atoms with Gasteiger partial charge >= 0.3 is 5.97 Å². The first kappa shape index (κ1) is 14.7. The fourth-order valence-electron chi connectivity index (χ4n) is 3.42. The first-order valence-electron chi connectivity index (χ1n) is 7.26. The Morgan fingerprint density at radius 2 is 2.05 bits per heavy atom. The molecule has 3 atom stereocenters. The van der Waals surface area contributed by atoms with Gasteiger partial charge in [0.05, 0.1) is 5.75 Å². The summed E-state index contributed by atoms with van der Waals surface area (Å²) >= 11 is 1.62. The largest absolute Gasteiger partial charge is 0.480 e. The van der Waals surface area contributed by atoms with E-state index in [1.54, 1.807) is 16.7 Å². The maximum absolute atomic E-state index is 12.3. The summed E-state index contributed by atoms with van der Waals surface area (Å²) in [5, 5.41) is 9.35. The number of nitrogens with zero attached hydrogens (tertiary/aromatic N) is 1. The molecule has 3 unspecified atom stereocenters. The second-order valence-electron chi connectivity index (χ2n) is 5.56. The highest BCUT2D eigenvalue weighted by Crippen LogP contribution is 2.40. The highest BCUT2D eigenvalue weighted by Gasteiger charge is 2.47. The standard InChI is InChI=1S/C14H23NO3S/c1-2-7-19-9-13(16)15-11-6-4-3-5-10(11)8-12(15)14(17)18/h10-12H,2-9H2,1H3,(H,17,18). The van der Waals surface area contributed by atoms with Crippen molar-refractivity contribution < 1.29 is 14.7 Å². The van der Waals surface area contributed by atoms with Gasteiger partial charge in [-0.1, -0.05) is 19.8 Å². The summed E-state index contributed by atoms with van der Waals surface area (Å²) in [5.74, 6) is 1.00. The third-order valence-corrected chi connectivity index (χ3v) is 5.38. The number of thioether (sulfide) groups is 1. The van der Waals surface area contributed by atoms with E-state index in [1.807, 2.05) is 0 Å². The lowest BCUT2D eigenvalue weighted by Gasteiger charge is -2.33. The maximum atomic E-state index is 12.3. The van der Waals surface area contributed by atoms with Crippen molar-refractivity contribution >= 4 is 23.6 Å². The number of carboxylic acid groups (broad SMARTS) is 1. The molecule has 0 aromatic carbocycles. The number of rotatable bonds is 5. The van der Waals surface area contributed by atoms with Gasteiger partial charge in [-0.2, -0.15) is 11.8 Å². The molecular formula is C14H23NO3S. The number of amides is 1. The molecule has 2 rings (SSSR count). The van der Waals surface area contributed by atoms with E-state index in [0.717, 1.165) is 31.4 Å². The Morgan fingerprint density at radius 3 is 2.74 bits per heavy atom. The summed E-state index contributed by atoms with van der Waals surface area (Å²) in [6.45, 7) is 2.09. The lowest BCUT2D eigenvalue weighted by Crippen LogP contribution is -2.47. The van der Waals surface area contributed by atoms with Gasteiger partial charge in [-0.15, -0.1) is 0 Å². The zero-order valence-electron chi connectivity index (χ0n) is 11.5. The molecule has 5 heteroatoms. The van der Waals surface area contributed by atoms with Crippen molar-refractivity contribution in [1.82, 2.24) is 4.90 Å². The molecular weight excluding hydrogens is 262 g/mol. The van der Waals surface area contributed by atoms with Crippen LogP contribution in [0, 0.1) is 5.92 Å². The Kier molecular flexibility index (Phi) is 5.13. The number of aliphatic carboxylic acids is 1. The quantitative estimate of drug-likeness (QED) is 0.788. The molecule has 108 valence electrons. The number of carbonyl (C=O) groups excluding carboxylic acids is 1. The van der Waals surface area contributed by atoms with E-state index in [9.17, 15) is 14.7 Å². The summed E-state index contributed by atoms with van der Waals surface area (Å²) in [5.41, 5.74) is 0. The van der Waals surface area contributed by atoms with Gasteiger partial charge in [0, 0.05) is 6.04 Å². The summed E-state index contributed by atoms with van der Waals surface area (Å²) in [4.78, 5) is 25.4. The molecule has 1 saturated heterocycles. The van der Waals surface area contributed by atoms with E-state index in [4.69, 9.17) is 0 Å². The van der Waals surface area contributed by atoms with E-state index in [-0.39, 0.29) is 11.9 Å². The molecule has 1 heterocycles. The van der Waals surface area contributed by atoms with Crippen molar-refractivity contribution in [2.45, 2.75) is 57.5 Å². The molecule has 0 aromatic rings. The van der Waals surface area contributed by atoms with Crippen LogP contribution < -0.4 is 0 Å². The van der Waals surface area contributed by atoms with E-state index in [1.165, 1.54) is 6.42 Å². The molecule has 1 amide bonds. The topological polar surface area (TPSA) is 57.6 Å². The van der Waals surface area contributed by atoms with Gasteiger partial charge in [-0.25, -0.2) is 4.79 Å². The van der Waals surface area contributed by atoms with Crippen LogP contribution in [-0.4, -0.2) is 45.5 Å². The minimum absolute atomic E-state index is 0.0280. The van der Waals surface area contributed by atoms with Crippen molar-refractivity contribution in [3.63, 3.8) is 0 Å². The SMILES string of the molecule is CCCSCC(=O)N1C(C(=O)O)CC2CCCCC21. The van der Waals surface area contributed by atoms with Crippen LogP contribution in [0.25, 0.3) is 0 Å². The normalized spacial score (nSPS) is 30.2. The van der Waals surface area contributed by atoms with Gasteiger partial charge in [0.15, 0.2) is 0 Å². The summed E-state index contributed by atoms with van der Waals surface area (Å²) in [6, 6.07) is -0.396. The van der Waals surface area contributed by atoms with Crippen LogP contribution in [0.1, 0.15) is 45.4 Å². The second kappa shape index (κ2) is 6.64. The fourth-order valence-corrected chi connectivity index (χ4v) is 4.17. The van der Waals surface area contributed by atoms with Gasteiger partial charge in [-0.05, 0) is 37.4 Å². The molecule has 0 radical (unpaired) electrons. The highest BCUT2D eigenvalue weighted by molar-refractivity contribution is 7.99.